The van der Waals surface area contributed by atoms with Gasteiger partial charge in [-0.15, -0.1) is 0 Å². The average molecular weight is 225 g/mol. The Hall–Kier alpha value is -1.49. The predicted molar refractivity (Wildman–Crippen MR) is 56.9 cm³/mol. The Morgan fingerprint density at radius 1 is 1.27 bits per heavy atom. The monoisotopic (exact) mass is 225 g/mol. The highest BCUT2D eigenvalue weighted by Crippen LogP contribution is 2.09. The van der Waals surface area contributed by atoms with E-state index in [4.69, 9.17) is 5.73 Å². The maximum atomic E-state index is 11.4. The summed E-state index contributed by atoms with van der Waals surface area (Å²) in [4.78, 5) is 22.4. The zero-order chi connectivity index (χ0) is 11.4. The summed E-state index contributed by atoms with van der Waals surface area (Å²) < 4.78 is 11.4. The third-order valence-corrected chi connectivity index (χ3v) is 3.19. The van der Waals surface area contributed by atoms with Crippen LogP contribution < -0.4 is 5.73 Å². The number of hydrogen-bond acceptors (Lipinski definition) is 3. The van der Waals surface area contributed by atoms with E-state index < -0.39 is 22.5 Å². The molecule has 15 heavy (non-hydrogen) atoms. The van der Waals surface area contributed by atoms with Gasteiger partial charge in [0.1, 0.15) is 0 Å². The summed E-state index contributed by atoms with van der Waals surface area (Å²) in [5.41, 5.74) is 5.07. The molecule has 0 saturated heterocycles. The van der Waals surface area contributed by atoms with Crippen LogP contribution in [0, 0.1) is 0 Å². The summed E-state index contributed by atoms with van der Waals surface area (Å²) in [5.74, 6) is -1.20. The molecular weight excluding hydrogens is 214 g/mol. The quantitative estimate of drug-likeness (QED) is 0.598. The van der Waals surface area contributed by atoms with E-state index >= 15 is 0 Å². The van der Waals surface area contributed by atoms with E-state index in [0.29, 0.717) is 10.6 Å². The van der Waals surface area contributed by atoms with Gasteiger partial charge in [0.15, 0.2) is 0 Å². The first-order valence-electron chi connectivity index (χ1n) is 4.38. The molecule has 4 nitrogen and oxygen atoms in total. The first kappa shape index (κ1) is 11.6. The van der Waals surface area contributed by atoms with Crippen LogP contribution in [0.25, 0.3) is 0 Å². The Balaban J connectivity index is 2.95. The molecule has 1 aromatic carbocycles. The van der Waals surface area contributed by atoms with Crippen LogP contribution in [0.1, 0.15) is 17.3 Å². The third-order valence-electron chi connectivity index (χ3n) is 1.87. The molecule has 1 amide bonds. The normalized spacial score (nSPS) is 12.1. The molecule has 80 valence electrons. The smallest absolute Gasteiger partial charge is 0.289 e. The van der Waals surface area contributed by atoms with Crippen LogP contribution in [-0.2, 0) is 15.6 Å². The van der Waals surface area contributed by atoms with Crippen molar-refractivity contribution in [2.75, 3.05) is 5.75 Å². The molecule has 0 aliphatic heterocycles. The summed E-state index contributed by atoms with van der Waals surface area (Å²) in [7, 11) is -1.05. The van der Waals surface area contributed by atoms with Crippen LogP contribution in [0.5, 0.6) is 0 Å². The first-order valence-corrected chi connectivity index (χ1v) is 5.70. The molecule has 0 saturated carbocycles. The first-order chi connectivity index (χ1) is 7.06. The largest absolute Gasteiger partial charge is 0.363 e. The van der Waals surface area contributed by atoms with Crippen molar-refractivity contribution in [1.29, 1.82) is 0 Å². The van der Waals surface area contributed by atoms with Gasteiger partial charge in [-0.05, 0) is 24.3 Å². The van der Waals surface area contributed by atoms with Gasteiger partial charge in [0.05, 0.1) is 10.8 Å². The molecule has 5 heteroatoms. The molecule has 1 unspecified atom stereocenters. The van der Waals surface area contributed by atoms with Gasteiger partial charge in [-0.1, -0.05) is 6.92 Å². The summed E-state index contributed by atoms with van der Waals surface area (Å²) in [5, 5.41) is 0. The number of carbonyl (C=O) groups excluding carboxylic acids is 2. The standard InChI is InChI=1S/C10H11NO3S/c1-2-15(14)8-5-3-7(4-6-8)9(12)10(11)13/h3-6H,2H2,1H3,(H2,11,13). The summed E-state index contributed by atoms with van der Waals surface area (Å²) in [6.45, 7) is 1.80. The summed E-state index contributed by atoms with van der Waals surface area (Å²) >= 11 is 0. The van der Waals surface area contributed by atoms with Gasteiger partial charge in [0.25, 0.3) is 5.91 Å². The second-order valence-corrected chi connectivity index (χ2v) is 4.59. The second kappa shape index (κ2) is 4.84. The number of primary amides is 1. The average Bonchev–Trinajstić information content (AvgIpc) is 2.27. The van der Waals surface area contributed by atoms with E-state index in [9.17, 15) is 13.8 Å². The lowest BCUT2D eigenvalue weighted by molar-refractivity contribution is -0.114. The number of hydrogen-bond donors (Lipinski definition) is 1. The van der Waals surface area contributed by atoms with Crippen molar-refractivity contribution in [2.45, 2.75) is 11.8 Å². The van der Waals surface area contributed by atoms with Crippen molar-refractivity contribution in [2.24, 2.45) is 5.73 Å². The lowest BCUT2D eigenvalue weighted by Gasteiger charge is -2.00. The van der Waals surface area contributed by atoms with E-state index in [1.54, 1.807) is 19.1 Å². The van der Waals surface area contributed by atoms with Gasteiger partial charge in [0.2, 0.25) is 5.78 Å². The lowest BCUT2D eigenvalue weighted by atomic mass is 10.1. The van der Waals surface area contributed by atoms with Crippen LogP contribution in [0.2, 0.25) is 0 Å². The minimum absolute atomic E-state index is 0.222. The highest BCUT2D eigenvalue weighted by Gasteiger charge is 2.12. The Bertz CT molecular complexity index is 411. The van der Waals surface area contributed by atoms with Crippen molar-refractivity contribution in [3.63, 3.8) is 0 Å². The van der Waals surface area contributed by atoms with Crippen LogP contribution in [-0.4, -0.2) is 21.7 Å². The molecule has 0 spiro atoms. The minimum atomic E-state index is -1.05. The van der Waals surface area contributed by atoms with Crippen molar-refractivity contribution in [3.8, 4) is 0 Å². The molecule has 0 fully saturated rings. The minimum Gasteiger partial charge on any atom is -0.363 e. The zero-order valence-electron chi connectivity index (χ0n) is 8.23. The Morgan fingerprint density at radius 3 is 2.20 bits per heavy atom. The second-order valence-electron chi connectivity index (χ2n) is 2.85. The molecule has 1 rings (SSSR count). The predicted octanol–water partition coefficient (Wildman–Crippen LogP) is 0.482. The maximum Gasteiger partial charge on any atom is 0.289 e. The van der Waals surface area contributed by atoms with Gasteiger partial charge in [0, 0.05) is 16.2 Å². The Kier molecular flexibility index (Phi) is 3.74. The molecule has 1 atom stereocenters. The van der Waals surface area contributed by atoms with Gasteiger partial charge < -0.3 is 5.73 Å². The zero-order valence-corrected chi connectivity index (χ0v) is 9.04. The molecule has 0 heterocycles. The Labute approximate surface area is 89.9 Å². The van der Waals surface area contributed by atoms with Crippen molar-refractivity contribution >= 4 is 22.5 Å². The fourth-order valence-electron chi connectivity index (χ4n) is 1.07. The number of rotatable bonds is 4. The number of carbonyl (C=O) groups is 2. The van der Waals surface area contributed by atoms with Crippen LogP contribution in [0.3, 0.4) is 0 Å². The van der Waals surface area contributed by atoms with Crippen LogP contribution >= 0.6 is 0 Å². The van der Waals surface area contributed by atoms with E-state index in [2.05, 4.69) is 0 Å². The lowest BCUT2D eigenvalue weighted by Crippen LogP contribution is -2.22. The fourth-order valence-corrected chi connectivity index (χ4v) is 1.84. The number of benzene rings is 1. The number of Topliss-reactive ketones (excluding diaryl/α,β-unsaturated/α-hetero) is 1. The maximum absolute atomic E-state index is 11.4. The highest BCUT2D eigenvalue weighted by molar-refractivity contribution is 7.85. The summed E-state index contributed by atoms with van der Waals surface area (Å²) in [6, 6.07) is 6.04. The van der Waals surface area contributed by atoms with Crippen molar-refractivity contribution in [1.82, 2.24) is 0 Å². The van der Waals surface area contributed by atoms with Crippen LogP contribution in [0.15, 0.2) is 29.2 Å². The number of amides is 1. The van der Waals surface area contributed by atoms with E-state index in [0.717, 1.165) is 0 Å². The third kappa shape index (κ3) is 2.73. The van der Waals surface area contributed by atoms with Crippen molar-refractivity contribution < 1.29 is 13.8 Å². The molecular formula is C10H11NO3S. The number of nitrogens with two attached hydrogens (primary N) is 1. The highest BCUT2D eigenvalue weighted by atomic mass is 32.2. The molecule has 0 bridgehead atoms. The summed E-state index contributed by atoms with van der Waals surface area (Å²) in [6.07, 6.45) is 0. The van der Waals surface area contributed by atoms with E-state index in [1.165, 1.54) is 12.1 Å². The molecule has 0 radical (unpaired) electrons. The topological polar surface area (TPSA) is 77.2 Å². The molecule has 0 aromatic heterocycles. The molecule has 0 aliphatic carbocycles. The SMILES string of the molecule is CCS(=O)c1ccc(C(=O)C(N)=O)cc1. The Morgan fingerprint density at radius 2 is 1.80 bits per heavy atom. The van der Waals surface area contributed by atoms with Gasteiger partial charge in [-0.2, -0.15) is 0 Å². The molecule has 1 aromatic rings. The molecule has 2 N–H and O–H groups in total. The van der Waals surface area contributed by atoms with Gasteiger partial charge in [-0.25, -0.2) is 0 Å². The van der Waals surface area contributed by atoms with Gasteiger partial charge in [-0.3, -0.25) is 13.8 Å². The number of ketones is 1. The molecule has 0 aliphatic rings. The van der Waals surface area contributed by atoms with E-state index in [1.807, 2.05) is 0 Å². The van der Waals surface area contributed by atoms with Crippen LogP contribution in [0.4, 0.5) is 0 Å². The van der Waals surface area contributed by atoms with E-state index in [-0.39, 0.29) is 5.56 Å². The fraction of sp³-hybridized carbons (Fsp3) is 0.200. The van der Waals surface area contributed by atoms with Crippen molar-refractivity contribution in [3.05, 3.63) is 29.8 Å². The van der Waals surface area contributed by atoms with Gasteiger partial charge >= 0.3 is 0 Å².